The number of nitrogens with one attached hydrogen (secondary N) is 1. The van der Waals surface area contributed by atoms with Gasteiger partial charge in [-0.2, -0.15) is 4.98 Å². The van der Waals surface area contributed by atoms with Crippen LogP contribution < -0.4 is 19.5 Å². The minimum absolute atomic E-state index is 0.227. The average molecular weight is 453 g/mol. The fourth-order valence-corrected chi connectivity index (χ4v) is 4.20. The third kappa shape index (κ3) is 4.24. The molecule has 2 aromatic heterocycles. The molecule has 0 aliphatic rings. The fourth-order valence-electron chi connectivity index (χ4n) is 3.34. The second-order valence-corrected chi connectivity index (χ2v) is 7.98. The smallest absolute Gasteiger partial charge is 0.251 e. The number of methoxy groups -OCH3 is 3. The van der Waals surface area contributed by atoms with E-state index in [0.717, 1.165) is 16.2 Å². The second kappa shape index (κ2) is 9.27. The second-order valence-electron chi connectivity index (χ2n) is 7.14. The van der Waals surface area contributed by atoms with Crippen LogP contribution in [0.4, 0.5) is 0 Å². The van der Waals surface area contributed by atoms with Crippen LogP contribution in [0.15, 0.2) is 41.8 Å². The summed E-state index contributed by atoms with van der Waals surface area (Å²) in [6.45, 7) is 2.49. The van der Waals surface area contributed by atoms with Gasteiger partial charge in [-0.1, -0.05) is 29.8 Å². The van der Waals surface area contributed by atoms with E-state index >= 15 is 0 Å². The molecule has 0 spiro atoms. The van der Waals surface area contributed by atoms with Crippen molar-refractivity contribution in [1.29, 1.82) is 0 Å². The molecular formula is C23H24N4O4S. The molecule has 9 heteroatoms. The molecule has 0 fully saturated rings. The Morgan fingerprint density at radius 2 is 1.75 bits per heavy atom. The minimum atomic E-state index is -0.227. The lowest BCUT2D eigenvalue weighted by Crippen LogP contribution is -2.26. The van der Waals surface area contributed by atoms with E-state index in [-0.39, 0.29) is 5.91 Å². The molecule has 0 bridgehead atoms. The quantitative estimate of drug-likeness (QED) is 0.438. The summed E-state index contributed by atoms with van der Waals surface area (Å²) >= 11 is 1.53. The van der Waals surface area contributed by atoms with E-state index < -0.39 is 0 Å². The number of nitrogens with zero attached hydrogens (tertiary/aromatic N) is 3. The highest BCUT2D eigenvalue weighted by Gasteiger charge is 2.17. The monoisotopic (exact) mass is 452 g/mol. The molecule has 0 saturated carbocycles. The van der Waals surface area contributed by atoms with Crippen LogP contribution in [-0.4, -0.2) is 48.4 Å². The lowest BCUT2D eigenvalue weighted by atomic mass is 10.1. The van der Waals surface area contributed by atoms with Gasteiger partial charge in [-0.15, -0.1) is 16.4 Å². The van der Waals surface area contributed by atoms with Gasteiger partial charge in [-0.3, -0.25) is 4.79 Å². The van der Waals surface area contributed by atoms with Gasteiger partial charge >= 0.3 is 0 Å². The van der Waals surface area contributed by atoms with E-state index in [4.69, 9.17) is 14.2 Å². The van der Waals surface area contributed by atoms with Crippen molar-refractivity contribution in [2.75, 3.05) is 27.9 Å². The molecule has 8 nitrogen and oxygen atoms in total. The topological polar surface area (TPSA) is 87.0 Å². The summed E-state index contributed by atoms with van der Waals surface area (Å²) in [5.74, 6) is 1.78. The van der Waals surface area contributed by atoms with Crippen molar-refractivity contribution in [1.82, 2.24) is 19.9 Å². The number of benzene rings is 2. The third-order valence-corrected chi connectivity index (χ3v) is 5.92. The number of hydrogen-bond acceptors (Lipinski definition) is 7. The molecule has 2 heterocycles. The van der Waals surface area contributed by atoms with Crippen LogP contribution in [0.5, 0.6) is 17.2 Å². The van der Waals surface area contributed by atoms with Crippen LogP contribution in [0.2, 0.25) is 0 Å². The van der Waals surface area contributed by atoms with Gasteiger partial charge in [-0.05, 0) is 19.1 Å². The lowest BCUT2D eigenvalue weighted by Gasteiger charge is -2.14. The summed E-state index contributed by atoms with van der Waals surface area (Å²) in [5.41, 5.74) is 3.59. The highest BCUT2D eigenvalue weighted by molar-refractivity contribution is 7.15. The molecule has 2 aromatic carbocycles. The first-order valence-electron chi connectivity index (χ1n) is 10.0. The first-order chi connectivity index (χ1) is 15.5. The predicted octanol–water partition coefficient (Wildman–Crippen LogP) is 3.76. The van der Waals surface area contributed by atoms with Gasteiger partial charge in [0.05, 0.1) is 27.0 Å². The molecule has 4 aromatic rings. The van der Waals surface area contributed by atoms with Crippen molar-refractivity contribution in [2.24, 2.45) is 0 Å². The van der Waals surface area contributed by atoms with Crippen molar-refractivity contribution in [3.63, 3.8) is 0 Å². The van der Waals surface area contributed by atoms with Crippen LogP contribution in [0.3, 0.4) is 0 Å². The van der Waals surface area contributed by atoms with E-state index in [2.05, 4.69) is 15.4 Å². The molecule has 0 atom stereocenters. The van der Waals surface area contributed by atoms with Crippen LogP contribution in [-0.2, 0) is 6.42 Å². The average Bonchev–Trinajstić information content (AvgIpc) is 3.40. The van der Waals surface area contributed by atoms with Crippen molar-refractivity contribution in [3.8, 4) is 28.6 Å². The summed E-state index contributed by atoms with van der Waals surface area (Å²) in [5, 5.41) is 9.60. The van der Waals surface area contributed by atoms with Gasteiger partial charge in [0.1, 0.15) is 0 Å². The van der Waals surface area contributed by atoms with E-state index in [1.165, 1.54) is 38.2 Å². The molecule has 32 heavy (non-hydrogen) atoms. The summed E-state index contributed by atoms with van der Waals surface area (Å²) in [6.07, 6.45) is 0.618. The Balaban J connectivity index is 1.45. The summed E-state index contributed by atoms with van der Waals surface area (Å²) in [6, 6.07) is 11.4. The number of aromatic nitrogens is 3. The summed E-state index contributed by atoms with van der Waals surface area (Å²) < 4.78 is 17.8. The van der Waals surface area contributed by atoms with Crippen molar-refractivity contribution in [2.45, 2.75) is 13.3 Å². The van der Waals surface area contributed by atoms with Crippen molar-refractivity contribution < 1.29 is 19.0 Å². The highest BCUT2D eigenvalue weighted by atomic mass is 32.1. The van der Waals surface area contributed by atoms with Crippen LogP contribution >= 0.6 is 11.3 Å². The summed E-state index contributed by atoms with van der Waals surface area (Å²) in [7, 11) is 4.56. The zero-order valence-electron chi connectivity index (χ0n) is 18.3. The molecular weight excluding hydrogens is 428 g/mol. The SMILES string of the molecule is COc1cc(C(=O)NCCc2csc3nc(-c4ccc(C)cc4)nn23)cc(OC)c1OC. The Bertz CT molecular complexity index is 1220. The number of carbonyl (C=O) groups is 1. The van der Waals surface area contributed by atoms with Gasteiger partial charge in [0.2, 0.25) is 10.7 Å². The molecule has 0 aliphatic heterocycles. The number of ether oxygens (including phenoxy) is 3. The van der Waals surface area contributed by atoms with E-state index in [1.54, 1.807) is 12.1 Å². The predicted molar refractivity (Wildman–Crippen MR) is 123 cm³/mol. The van der Waals surface area contributed by atoms with Crippen LogP contribution in [0.1, 0.15) is 21.6 Å². The number of hydrogen-bond donors (Lipinski definition) is 1. The number of fused-ring (bicyclic) bond motifs is 1. The fraction of sp³-hybridized carbons (Fsp3) is 0.261. The van der Waals surface area contributed by atoms with E-state index in [9.17, 15) is 4.79 Å². The zero-order valence-corrected chi connectivity index (χ0v) is 19.2. The number of thiazole rings is 1. The van der Waals surface area contributed by atoms with Crippen LogP contribution in [0.25, 0.3) is 16.3 Å². The Morgan fingerprint density at radius 3 is 2.38 bits per heavy atom. The molecule has 1 N–H and O–H groups in total. The first kappa shape index (κ1) is 21.6. The Hall–Kier alpha value is -3.59. The molecule has 4 rings (SSSR count). The molecule has 0 unspecified atom stereocenters. The Labute approximate surface area is 189 Å². The van der Waals surface area contributed by atoms with Gasteiger partial charge < -0.3 is 19.5 Å². The van der Waals surface area contributed by atoms with Gasteiger partial charge in [0.15, 0.2) is 17.3 Å². The maximum absolute atomic E-state index is 12.7. The minimum Gasteiger partial charge on any atom is -0.493 e. The molecule has 1 amide bonds. The number of carbonyl (C=O) groups excluding carboxylic acids is 1. The molecule has 0 saturated heterocycles. The Kier molecular flexibility index (Phi) is 6.27. The van der Waals surface area contributed by atoms with Gasteiger partial charge in [0.25, 0.3) is 5.91 Å². The standard InChI is InChI=1S/C23H24N4O4S/c1-14-5-7-15(8-6-14)21-25-23-27(26-21)17(13-32-23)9-10-24-22(28)16-11-18(29-2)20(31-4)19(12-16)30-3/h5-8,11-13H,9-10H2,1-4H3,(H,24,28). The maximum Gasteiger partial charge on any atom is 0.251 e. The van der Waals surface area contributed by atoms with Crippen molar-refractivity contribution >= 4 is 22.2 Å². The lowest BCUT2D eigenvalue weighted by molar-refractivity contribution is 0.0953. The van der Waals surface area contributed by atoms with Crippen molar-refractivity contribution in [3.05, 3.63) is 58.6 Å². The normalized spacial score (nSPS) is 10.9. The zero-order chi connectivity index (χ0) is 22.7. The summed E-state index contributed by atoms with van der Waals surface area (Å²) in [4.78, 5) is 18.1. The largest absolute Gasteiger partial charge is 0.493 e. The number of amides is 1. The maximum atomic E-state index is 12.7. The number of aryl methyl sites for hydroxylation is 1. The first-order valence-corrected chi connectivity index (χ1v) is 10.9. The highest BCUT2D eigenvalue weighted by Crippen LogP contribution is 2.38. The van der Waals surface area contributed by atoms with Gasteiger partial charge in [0, 0.05) is 29.5 Å². The third-order valence-electron chi connectivity index (χ3n) is 5.05. The Morgan fingerprint density at radius 1 is 1.06 bits per heavy atom. The van der Waals surface area contributed by atoms with E-state index in [0.29, 0.717) is 41.6 Å². The molecule has 0 radical (unpaired) electrons. The number of rotatable bonds is 8. The molecule has 0 aliphatic carbocycles. The van der Waals surface area contributed by atoms with Gasteiger partial charge in [-0.25, -0.2) is 4.52 Å². The van der Waals surface area contributed by atoms with Crippen LogP contribution in [0, 0.1) is 6.92 Å². The van der Waals surface area contributed by atoms with E-state index in [1.807, 2.05) is 41.1 Å². The molecule has 166 valence electrons.